The van der Waals surface area contributed by atoms with Gasteiger partial charge in [0.25, 0.3) is 0 Å². The SMILES string of the molecule is CC(=O)C(NC(=O)CSC1CCOCC1)C(C)C. The third kappa shape index (κ3) is 5.40. The molecule has 1 aliphatic rings. The summed E-state index contributed by atoms with van der Waals surface area (Å²) in [6, 6.07) is -0.354. The lowest BCUT2D eigenvalue weighted by Crippen LogP contribution is -2.44. The minimum atomic E-state index is -0.354. The van der Waals surface area contributed by atoms with Gasteiger partial charge in [-0.05, 0) is 25.7 Å². The molecule has 1 amide bonds. The van der Waals surface area contributed by atoms with Crippen molar-refractivity contribution in [2.24, 2.45) is 5.92 Å². The summed E-state index contributed by atoms with van der Waals surface area (Å²) in [5.74, 6) is 0.551. The number of carbonyl (C=O) groups excluding carboxylic acids is 2. The number of hydrogen-bond donors (Lipinski definition) is 1. The molecule has 104 valence electrons. The van der Waals surface area contributed by atoms with Gasteiger partial charge < -0.3 is 10.1 Å². The van der Waals surface area contributed by atoms with E-state index >= 15 is 0 Å². The van der Waals surface area contributed by atoms with Crippen molar-refractivity contribution in [3.8, 4) is 0 Å². The van der Waals surface area contributed by atoms with E-state index in [1.165, 1.54) is 6.92 Å². The first-order valence-corrected chi connectivity index (χ1v) is 7.54. The summed E-state index contributed by atoms with van der Waals surface area (Å²) in [5.41, 5.74) is 0. The number of rotatable bonds is 6. The van der Waals surface area contributed by atoms with Crippen LogP contribution in [0.3, 0.4) is 0 Å². The number of carbonyl (C=O) groups is 2. The van der Waals surface area contributed by atoms with Gasteiger partial charge >= 0.3 is 0 Å². The van der Waals surface area contributed by atoms with Gasteiger partial charge in [-0.25, -0.2) is 0 Å². The summed E-state index contributed by atoms with van der Waals surface area (Å²) in [7, 11) is 0. The van der Waals surface area contributed by atoms with E-state index in [-0.39, 0.29) is 23.7 Å². The van der Waals surface area contributed by atoms with Crippen molar-refractivity contribution in [2.75, 3.05) is 19.0 Å². The first kappa shape index (κ1) is 15.5. The maximum Gasteiger partial charge on any atom is 0.230 e. The van der Waals surface area contributed by atoms with E-state index in [0.717, 1.165) is 26.1 Å². The number of ketones is 1. The Morgan fingerprint density at radius 2 is 1.94 bits per heavy atom. The van der Waals surface area contributed by atoms with Gasteiger partial charge in [0.1, 0.15) is 0 Å². The van der Waals surface area contributed by atoms with E-state index in [1.54, 1.807) is 11.8 Å². The van der Waals surface area contributed by atoms with Gasteiger partial charge in [0.2, 0.25) is 5.91 Å². The van der Waals surface area contributed by atoms with Gasteiger partial charge in [-0.15, -0.1) is 11.8 Å². The van der Waals surface area contributed by atoms with E-state index in [2.05, 4.69) is 5.32 Å². The smallest absolute Gasteiger partial charge is 0.230 e. The maximum absolute atomic E-state index is 11.8. The Hall–Kier alpha value is -0.550. The summed E-state index contributed by atoms with van der Waals surface area (Å²) >= 11 is 1.67. The van der Waals surface area contributed by atoms with Crippen LogP contribution in [0.2, 0.25) is 0 Å². The Morgan fingerprint density at radius 1 is 1.33 bits per heavy atom. The maximum atomic E-state index is 11.8. The van der Waals surface area contributed by atoms with Crippen LogP contribution >= 0.6 is 11.8 Å². The Kier molecular flexibility index (Phi) is 6.71. The molecule has 0 aromatic rings. The van der Waals surface area contributed by atoms with Gasteiger partial charge in [0.05, 0.1) is 11.8 Å². The number of hydrogen-bond acceptors (Lipinski definition) is 4. The second kappa shape index (κ2) is 7.79. The fourth-order valence-electron chi connectivity index (χ4n) is 1.99. The third-order valence-electron chi connectivity index (χ3n) is 3.04. The summed E-state index contributed by atoms with van der Waals surface area (Å²) in [6.45, 7) is 7.00. The van der Waals surface area contributed by atoms with Crippen LogP contribution in [0.4, 0.5) is 0 Å². The Bertz CT molecular complexity index is 288. The van der Waals surface area contributed by atoms with E-state index in [4.69, 9.17) is 4.74 Å². The van der Waals surface area contributed by atoms with E-state index in [0.29, 0.717) is 11.0 Å². The molecule has 18 heavy (non-hydrogen) atoms. The minimum Gasteiger partial charge on any atom is -0.381 e. The molecule has 0 aromatic carbocycles. The third-order valence-corrected chi connectivity index (χ3v) is 4.41. The zero-order chi connectivity index (χ0) is 13.5. The Balaban J connectivity index is 2.29. The van der Waals surface area contributed by atoms with Crippen molar-refractivity contribution in [1.29, 1.82) is 0 Å². The lowest BCUT2D eigenvalue weighted by atomic mass is 10.0. The van der Waals surface area contributed by atoms with Crippen molar-refractivity contribution in [1.82, 2.24) is 5.32 Å². The average molecular weight is 273 g/mol. The molecule has 4 nitrogen and oxygen atoms in total. The fourth-order valence-corrected chi connectivity index (χ4v) is 2.99. The topological polar surface area (TPSA) is 55.4 Å². The summed E-state index contributed by atoms with van der Waals surface area (Å²) in [4.78, 5) is 23.2. The van der Waals surface area contributed by atoms with Crippen molar-refractivity contribution in [2.45, 2.75) is 44.9 Å². The second-order valence-electron chi connectivity index (χ2n) is 5.02. The lowest BCUT2D eigenvalue weighted by Gasteiger charge is -2.23. The molecular formula is C13H23NO3S. The first-order valence-electron chi connectivity index (χ1n) is 6.50. The predicted octanol–water partition coefficient (Wildman–Crippen LogP) is 1.63. The highest BCUT2D eigenvalue weighted by Gasteiger charge is 2.21. The Labute approximate surface area is 113 Å². The van der Waals surface area contributed by atoms with Crippen LogP contribution in [0.5, 0.6) is 0 Å². The van der Waals surface area contributed by atoms with Crippen molar-refractivity contribution < 1.29 is 14.3 Å². The predicted molar refractivity (Wildman–Crippen MR) is 73.7 cm³/mol. The molecule has 0 saturated carbocycles. The van der Waals surface area contributed by atoms with Crippen LogP contribution in [0, 0.1) is 5.92 Å². The molecule has 0 radical (unpaired) electrons. The zero-order valence-electron chi connectivity index (χ0n) is 11.4. The normalized spacial score (nSPS) is 18.7. The number of amides is 1. The van der Waals surface area contributed by atoms with Gasteiger partial charge in [-0.2, -0.15) is 0 Å². The molecule has 1 heterocycles. The quantitative estimate of drug-likeness (QED) is 0.799. The van der Waals surface area contributed by atoms with Crippen molar-refractivity contribution >= 4 is 23.5 Å². The molecule has 1 unspecified atom stereocenters. The molecule has 1 atom stereocenters. The van der Waals surface area contributed by atoms with E-state index in [1.807, 2.05) is 13.8 Å². The van der Waals surface area contributed by atoms with Crippen molar-refractivity contribution in [3.05, 3.63) is 0 Å². The molecule has 0 aliphatic carbocycles. The molecular weight excluding hydrogens is 250 g/mol. The molecule has 1 fully saturated rings. The molecule has 0 spiro atoms. The van der Waals surface area contributed by atoms with Crippen LogP contribution < -0.4 is 5.32 Å². The average Bonchev–Trinajstić information content (AvgIpc) is 2.34. The highest BCUT2D eigenvalue weighted by Crippen LogP contribution is 2.21. The van der Waals surface area contributed by atoms with Gasteiger partial charge in [-0.1, -0.05) is 13.8 Å². The molecule has 0 bridgehead atoms. The second-order valence-corrected chi connectivity index (χ2v) is 6.31. The van der Waals surface area contributed by atoms with E-state index in [9.17, 15) is 9.59 Å². The Morgan fingerprint density at radius 3 is 2.44 bits per heavy atom. The van der Waals surface area contributed by atoms with Gasteiger partial charge in [0, 0.05) is 18.5 Å². The monoisotopic (exact) mass is 273 g/mol. The first-order chi connectivity index (χ1) is 8.50. The number of nitrogens with one attached hydrogen (secondary N) is 1. The summed E-state index contributed by atoms with van der Waals surface area (Å²) < 4.78 is 5.28. The van der Waals surface area contributed by atoms with Gasteiger partial charge in [-0.3, -0.25) is 9.59 Å². The minimum absolute atomic E-state index is 0.0226. The largest absolute Gasteiger partial charge is 0.381 e. The fraction of sp³-hybridized carbons (Fsp3) is 0.846. The standard InChI is InChI=1S/C13H23NO3S/c1-9(2)13(10(3)15)14-12(16)8-18-11-4-6-17-7-5-11/h9,11,13H,4-8H2,1-3H3,(H,14,16). The van der Waals surface area contributed by atoms with Crippen LogP contribution in [0.1, 0.15) is 33.6 Å². The van der Waals surface area contributed by atoms with Crippen LogP contribution in [-0.4, -0.2) is 41.9 Å². The highest BCUT2D eigenvalue weighted by molar-refractivity contribution is 8.00. The number of Topliss-reactive ketones (excluding diaryl/α,β-unsaturated/α-hetero) is 1. The molecule has 0 aromatic heterocycles. The molecule has 1 aliphatic heterocycles. The van der Waals surface area contributed by atoms with Crippen LogP contribution in [0.15, 0.2) is 0 Å². The number of ether oxygens (including phenoxy) is 1. The van der Waals surface area contributed by atoms with E-state index < -0.39 is 0 Å². The molecule has 1 saturated heterocycles. The van der Waals surface area contributed by atoms with Crippen LogP contribution in [-0.2, 0) is 14.3 Å². The molecule has 1 N–H and O–H groups in total. The summed E-state index contributed by atoms with van der Waals surface area (Å²) in [5, 5.41) is 3.33. The van der Waals surface area contributed by atoms with Crippen LogP contribution in [0.25, 0.3) is 0 Å². The lowest BCUT2D eigenvalue weighted by molar-refractivity contribution is -0.126. The number of thioether (sulfide) groups is 1. The molecule has 5 heteroatoms. The zero-order valence-corrected chi connectivity index (χ0v) is 12.2. The van der Waals surface area contributed by atoms with Crippen molar-refractivity contribution in [3.63, 3.8) is 0 Å². The highest BCUT2D eigenvalue weighted by atomic mass is 32.2. The summed E-state index contributed by atoms with van der Waals surface area (Å²) in [6.07, 6.45) is 2.02. The molecule has 1 rings (SSSR count). The van der Waals surface area contributed by atoms with Gasteiger partial charge in [0.15, 0.2) is 5.78 Å².